The van der Waals surface area contributed by atoms with E-state index in [0.29, 0.717) is 5.56 Å². The van der Waals surface area contributed by atoms with Crippen LogP contribution in [0.25, 0.3) is 0 Å². The van der Waals surface area contributed by atoms with Crippen LogP contribution in [0.5, 0.6) is 0 Å². The number of amides is 1. The van der Waals surface area contributed by atoms with Crippen LogP contribution in [0.2, 0.25) is 0 Å². The molecule has 1 saturated carbocycles. The van der Waals surface area contributed by atoms with Crippen LogP contribution < -0.4 is 0 Å². The van der Waals surface area contributed by atoms with Gasteiger partial charge in [-0.2, -0.15) is 0 Å². The molecule has 28 heavy (non-hydrogen) atoms. The predicted octanol–water partition coefficient (Wildman–Crippen LogP) is 3.58. The van der Waals surface area contributed by atoms with Crippen molar-refractivity contribution in [2.75, 3.05) is 33.2 Å². The summed E-state index contributed by atoms with van der Waals surface area (Å²) in [6.45, 7) is 6.16. The maximum absolute atomic E-state index is 13.2. The normalized spacial score (nSPS) is 30.1. The first-order valence-electron chi connectivity index (χ1n) is 10.7. The molecule has 1 spiro atoms. The molecule has 2 fully saturated rings. The van der Waals surface area contributed by atoms with Crippen LogP contribution in [0, 0.1) is 5.41 Å². The predicted molar refractivity (Wildman–Crippen MR) is 108 cm³/mol. The molecule has 4 rings (SSSR count). The van der Waals surface area contributed by atoms with Gasteiger partial charge in [0.05, 0.1) is 5.56 Å². The summed E-state index contributed by atoms with van der Waals surface area (Å²) in [6.07, 6.45) is 6.83. The van der Waals surface area contributed by atoms with Crippen molar-refractivity contribution in [1.29, 1.82) is 0 Å². The summed E-state index contributed by atoms with van der Waals surface area (Å²) in [7, 11) is 1.94. The van der Waals surface area contributed by atoms with E-state index in [1.54, 1.807) is 0 Å². The molecule has 1 aliphatic carbocycles. The van der Waals surface area contributed by atoms with Crippen molar-refractivity contribution in [1.82, 2.24) is 9.80 Å². The monoisotopic (exact) mass is 384 g/mol. The van der Waals surface area contributed by atoms with E-state index >= 15 is 0 Å². The second-order valence-electron chi connectivity index (χ2n) is 9.12. The van der Waals surface area contributed by atoms with Gasteiger partial charge in [0.1, 0.15) is 5.60 Å². The van der Waals surface area contributed by atoms with E-state index in [9.17, 15) is 9.59 Å². The molecule has 5 nitrogen and oxygen atoms in total. The Hall–Kier alpha value is -1.88. The van der Waals surface area contributed by atoms with E-state index in [4.69, 9.17) is 4.74 Å². The molecular weight excluding hydrogens is 352 g/mol. The topological polar surface area (TPSA) is 49.9 Å². The average Bonchev–Trinajstić information content (AvgIpc) is 3.01. The lowest BCUT2D eigenvalue weighted by Crippen LogP contribution is -2.47. The van der Waals surface area contributed by atoms with Crippen molar-refractivity contribution in [3.8, 4) is 0 Å². The smallest absolute Gasteiger partial charge is 0.339 e. The zero-order valence-corrected chi connectivity index (χ0v) is 17.2. The number of piperidine rings is 1. The minimum Gasteiger partial charge on any atom is -0.451 e. The molecule has 0 atom stereocenters. The number of hydrogen-bond donors (Lipinski definition) is 0. The van der Waals surface area contributed by atoms with Crippen LogP contribution in [-0.2, 0) is 15.1 Å². The van der Waals surface area contributed by atoms with Gasteiger partial charge in [-0.3, -0.25) is 4.79 Å². The molecule has 0 N–H and O–H groups in total. The number of rotatable bonds is 4. The molecule has 0 aromatic heterocycles. The second-order valence-corrected chi connectivity index (χ2v) is 9.12. The van der Waals surface area contributed by atoms with Crippen molar-refractivity contribution < 1.29 is 14.3 Å². The van der Waals surface area contributed by atoms with E-state index in [0.717, 1.165) is 57.4 Å². The highest BCUT2D eigenvalue weighted by Crippen LogP contribution is 2.51. The summed E-state index contributed by atoms with van der Waals surface area (Å²) in [5.74, 6) is 0.0150. The highest BCUT2D eigenvalue weighted by atomic mass is 16.6. The maximum Gasteiger partial charge on any atom is 0.339 e. The third kappa shape index (κ3) is 3.45. The number of likely N-dealkylation sites (N-methyl/N-ethyl adjacent to an activating group) is 1. The first-order chi connectivity index (χ1) is 13.4. The Morgan fingerprint density at radius 3 is 2.50 bits per heavy atom. The molecule has 1 aromatic carbocycles. The van der Waals surface area contributed by atoms with Gasteiger partial charge in [0.15, 0.2) is 0 Å². The zero-order chi connectivity index (χ0) is 19.8. The molecule has 1 amide bonds. The lowest BCUT2D eigenvalue weighted by Gasteiger charge is -2.43. The van der Waals surface area contributed by atoms with E-state index in [2.05, 4.69) is 11.8 Å². The Kier molecular flexibility index (Phi) is 5.21. The quantitative estimate of drug-likeness (QED) is 0.745. The fraction of sp³-hybridized carbons (Fsp3) is 0.652. The van der Waals surface area contributed by atoms with Gasteiger partial charge in [-0.15, -0.1) is 0 Å². The van der Waals surface area contributed by atoms with Crippen LogP contribution in [0.4, 0.5) is 0 Å². The Morgan fingerprint density at radius 1 is 1.11 bits per heavy atom. The van der Waals surface area contributed by atoms with Gasteiger partial charge in [0.25, 0.3) is 0 Å². The lowest BCUT2D eigenvalue weighted by atomic mass is 9.67. The highest BCUT2D eigenvalue weighted by molar-refractivity contribution is 5.94. The van der Waals surface area contributed by atoms with Gasteiger partial charge in [0, 0.05) is 31.1 Å². The Bertz CT molecular complexity index is 746. The Balaban J connectivity index is 1.38. The molecular formula is C23H32N2O3. The molecule has 2 heterocycles. The Labute approximate surface area is 168 Å². The number of carbonyl (C=O) groups is 2. The zero-order valence-electron chi connectivity index (χ0n) is 17.2. The number of hydrogen-bond acceptors (Lipinski definition) is 4. The maximum atomic E-state index is 13.2. The minimum atomic E-state index is -0.528. The number of esters is 1. The largest absolute Gasteiger partial charge is 0.451 e. The Morgan fingerprint density at radius 2 is 1.79 bits per heavy atom. The summed E-state index contributed by atoms with van der Waals surface area (Å²) in [5.41, 5.74) is 0.801. The van der Waals surface area contributed by atoms with Crippen LogP contribution in [-0.4, -0.2) is 54.9 Å². The number of benzene rings is 1. The number of carbonyl (C=O) groups excluding carboxylic acids is 2. The van der Waals surface area contributed by atoms with Crippen molar-refractivity contribution in [2.24, 2.45) is 5.41 Å². The molecule has 3 aliphatic rings. The van der Waals surface area contributed by atoms with Gasteiger partial charge >= 0.3 is 5.97 Å². The number of ether oxygens (including phenoxy) is 1. The van der Waals surface area contributed by atoms with Crippen molar-refractivity contribution in [3.63, 3.8) is 0 Å². The first-order valence-corrected chi connectivity index (χ1v) is 10.7. The second kappa shape index (κ2) is 7.51. The van der Waals surface area contributed by atoms with Crippen LogP contribution >= 0.6 is 0 Å². The van der Waals surface area contributed by atoms with Crippen molar-refractivity contribution in [3.05, 3.63) is 35.4 Å². The van der Waals surface area contributed by atoms with E-state index in [1.807, 2.05) is 36.2 Å². The van der Waals surface area contributed by atoms with Crippen LogP contribution in [0.3, 0.4) is 0 Å². The molecule has 1 aromatic rings. The van der Waals surface area contributed by atoms with Gasteiger partial charge in [-0.1, -0.05) is 31.5 Å². The molecule has 5 heteroatoms. The summed E-state index contributed by atoms with van der Waals surface area (Å²) in [4.78, 5) is 29.9. The number of likely N-dealkylation sites (tertiary alicyclic amines) is 1. The van der Waals surface area contributed by atoms with E-state index < -0.39 is 5.60 Å². The summed E-state index contributed by atoms with van der Waals surface area (Å²) >= 11 is 0. The summed E-state index contributed by atoms with van der Waals surface area (Å²) < 4.78 is 5.85. The summed E-state index contributed by atoms with van der Waals surface area (Å²) in [5, 5.41) is 0. The van der Waals surface area contributed by atoms with Crippen molar-refractivity contribution in [2.45, 2.75) is 57.5 Å². The minimum absolute atomic E-state index is 0.218. The van der Waals surface area contributed by atoms with E-state index in [-0.39, 0.29) is 17.3 Å². The van der Waals surface area contributed by atoms with Gasteiger partial charge in [0.2, 0.25) is 5.91 Å². The third-order valence-electron chi connectivity index (χ3n) is 7.15. The number of nitrogens with zero attached hydrogens (tertiary/aromatic N) is 2. The first kappa shape index (κ1) is 19.4. The molecule has 1 saturated heterocycles. The standard InChI is InChI=1S/C23H32N2O3/c1-22(21(27)24(2)16-17-25-14-6-3-7-15-25)10-12-23(13-11-22)19-9-5-4-8-18(19)20(26)28-23/h4-5,8-9H,3,6-7,10-17H2,1-2H3. The summed E-state index contributed by atoms with van der Waals surface area (Å²) in [6, 6.07) is 7.71. The molecule has 2 aliphatic heterocycles. The molecule has 0 bridgehead atoms. The average molecular weight is 385 g/mol. The highest BCUT2D eigenvalue weighted by Gasteiger charge is 2.52. The fourth-order valence-corrected chi connectivity index (χ4v) is 5.17. The molecule has 0 unspecified atom stereocenters. The van der Waals surface area contributed by atoms with Gasteiger partial charge < -0.3 is 14.5 Å². The van der Waals surface area contributed by atoms with Crippen molar-refractivity contribution >= 4 is 11.9 Å². The molecule has 152 valence electrons. The van der Waals surface area contributed by atoms with Crippen LogP contribution in [0.1, 0.15) is 67.8 Å². The van der Waals surface area contributed by atoms with Gasteiger partial charge in [-0.05, 0) is 57.7 Å². The fourth-order valence-electron chi connectivity index (χ4n) is 5.17. The van der Waals surface area contributed by atoms with Crippen LogP contribution in [0.15, 0.2) is 24.3 Å². The SMILES string of the molecule is CN(CCN1CCCCC1)C(=O)C1(C)CCC2(CC1)OC(=O)c1ccccc12. The third-order valence-corrected chi connectivity index (χ3v) is 7.15. The number of fused-ring (bicyclic) bond motifs is 2. The van der Waals surface area contributed by atoms with Gasteiger partial charge in [-0.25, -0.2) is 4.79 Å². The molecule has 0 radical (unpaired) electrons. The van der Waals surface area contributed by atoms with E-state index in [1.165, 1.54) is 19.3 Å². The lowest BCUT2D eigenvalue weighted by molar-refractivity contribution is -0.145.